The van der Waals surface area contributed by atoms with E-state index in [1.165, 1.54) is 11.1 Å². The Kier molecular flexibility index (Phi) is 3.36. The van der Waals surface area contributed by atoms with E-state index in [1.807, 2.05) is 22.8 Å². The van der Waals surface area contributed by atoms with E-state index in [-0.39, 0.29) is 0 Å². The molecule has 0 bridgehead atoms. The molecule has 0 amide bonds. The fourth-order valence-electron chi connectivity index (χ4n) is 2.51. The summed E-state index contributed by atoms with van der Waals surface area (Å²) in [5.74, 6) is 0.521. The van der Waals surface area contributed by atoms with Crippen molar-refractivity contribution in [2.45, 2.75) is 19.9 Å². The average Bonchev–Trinajstić information content (AvgIpc) is 2.76. The highest BCUT2D eigenvalue weighted by Crippen LogP contribution is 2.23. The third-order valence-corrected chi connectivity index (χ3v) is 3.80. The minimum Gasteiger partial charge on any atom is -0.369 e. The van der Waals surface area contributed by atoms with Crippen LogP contribution in [0, 0.1) is 0 Å². The minimum absolute atomic E-state index is 0.521. The Balaban J connectivity index is 2.10. The standard InChI is InChI=1S/C16H16ClN3/c1-2-11-5-3-4-6-12(11)10-20-15-9-13(17)7-8-14(15)19-16(20)18/h3-9H,2,10H2,1H3,(H2,18,19). The number of aromatic nitrogens is 2. The van der Waals surface area contributed by atoms with Gasteiger partial charge in [-0.05, 0) is 35.7 Å². The molecule has 3 aromatic rings. The number of nitrogens with two attached hydrogens (primary N) is 1. The fourth-order valence-corrected chi connectivity index (χ4v) is 2.67. The maximum Gasteiger partial charge on any atom is 0.201 e. The van der Waals surface area contributed by atoms with Crippen LogP contribution in [0.5, 0.6) is 0 Å². The highest BCUT2D eigenvalue weighted by atomic mass is 35.5. The lowest BCUT2D eigenvalue weighted by molar-refractivity contribution is 0.825. The van der Waals surface area contributed by atoms with Crippen LogP contribution in [0.2, 0.25) is 5.02 Å². The maximum atomic E-state index is 6.08. The summed E-state index contributed by atoms with van der Waals surface area (Å²) in [6.45, 7) is 2.87. The molecular weight excluding hydrogens is 270 g/mol. The van der Waals surface area contributed by atoms with E-state index in [1.54, 1.807) is 0 Å². The fraction of sp³-hybridized carbons (Fsp3) is 0.188. The molecule has 2 N–H and O–H groups in total. The van der Waals surface area contributed by atoms with Crippen molar-refractivity contribution in [2.24, 2.45) is 0 Å². The average molecular weight is 286 g/mol. The molecule has 2 aromatic carbocycles. The number of fused-ring (bicyclic) bond motifs is 1. The van der Waals surface area contributed by atoms with Crippen LogP contribution in [0.3, 0.4) is 0 Å². The van der Waals surface area contributed by atoms with Gasteiger partial charge in [-0.25, -0.2) is 4.98 Å². The third-order valence-electron chi connectivity index (χ3n) is 3.57. The number of benzene rings is 2. The molecule has 3 rings (SSSR count). The van der Waals surface area contributed by atoms with Crippen LogP contribution in [0.25, 0.3) is 11.0 Å². The Morgan fingerprint density at radius 3 is 2.65 bits per heavy atom. The Labute approximate surface area is 123 Å². The van der Waals surface area contributed by atoms with Gasteiger partial charge in [-0.15, -0.1) is 0 Å². The number of imidazole rings is 1. The van der Waals surface area contributed by atoms with Gasteiger partial charge in [0.15, 0.2) is 0 Å². The highest BCUT2D eigenvalue weighted by molar-refractivity contribution is 6.31. The van der Waals surface area contributed by atoms with Gasteiger partial charge in [0.05, 0.1) is 17.6 Å². The number of hydrogen-bond donors (Lipinski definition) is 1. The number of rotatable bonds is 3. The molecule has 0 radical (unpaired) electrons. The lowest BCUT2D eigenvalue weighted by atomic mass is 10.1. The lowest BCUT2D eigenvalue weighted by Crippen LogP contribution is -2.06. The molecule has 0 unspecified atom stereocenters. The summed E-state index contributed by atoms with van der Waals surface area (Å²) in [5, 5.41) is 0.697. The van der Waals surface area contributed by atoms with Gasteiger partial charge in [0.2, 0.25) is 5.95 Å². The van der Waals surface area contributed by atoms with Gasteiger partial charge in [0, 0.05) is 5.02 Å². The van der Waals surface area contributed by atoms with Crippen LogP contribution in [-0.4, -0.2) is 9.55 Å². The van der Waals surface area contributed by atoms with Crippen LogP contribution in [0.4, 0.5) is 5.95 Å². The SMILES string of the molecule is CCc1ccccc1Cn1c(N)nc2ccc(Cl)cc21. The molecule has 102 valence electrons. The normalized spacial score (nSPS) is 11.1. The molecule has 0 atom stereocenters. The van der Waals surface area contributed by atoms with E-state index in [2.05, 4.69) is 36.2 Å². The van der Waals surface area contributed by atoms with Crippen LogP contribution >= 0.6 is 11.6 Å². The summed E-state index contributed by atoms with van der Waals surface area (Å²) >= 11 is 6.08. The second-order valence-corrected chi connectivity index (χ2v) is 5.25. The second kappa shape index (κ2) is 5.17. The van der Waals surface area contributed by atoms with Crippen molar-refractivity contribution in [2.75, 3.05) is 5.73 Å². The van der Waals surface area contributed by atoms with Crippen molar-refractivity contribution in [3.05, 3.63) is 58.6 Å². The predicted octanol–water partition coefficient (Wildman–Crippen LogP) is 3.88. The summed E-state index contributed by atoms with van der Waals surface area (Å²) in [6.07, 6.45) is 1.00. The van der Waals surface area contributed by atoms with E-state index in [0.29, 0.717) is 17.5 Å². The minimum atomic E-state index is 0.521. The molecular formula is C16H16ClN3. The van der Waals surface area contributed by atoms with E-state index < -0.39 is 0 Å². The summed E-state index contributed by atoms with van der Waals surface area (Å²) in [4.78, 5) is 4.39. The monoisotopic (exact) mass is 285 g/mol. The summed E-state index contributed by atoms with van der Waals surface area (Å²) in [7, 11) is 0. The largest absolute Gasteiger partial charge is 0.369 e. The van der Waals surface area contributed by atoms with Gasteiger partial charge in [-0.2, -0.15) is 0 Å². The molecule has 4 heteroatoms. The van der Waals surface area contributed by atoms with Crippen molar-refractivity contribution in [3.63, 3.8) is 0 Å². The van der Waals surface area contributed by atoms with Crippen molar-refractivity contribution in [3.8, 4) is 0 Å². The predicted molar refractivity (Wildman–Crippen MR) is 84.1 cm³/mol. The molecule has 0 saturated carbocycles. The molecule has 1 aromatic heterocycles. The van der Waals surface area contributed by atoms with E-state index in [0.717, 1.165) is 17.5 Å². The zero-order valence-corrected chi connectivity index (χ0v) is 12.1. The number of nitrogens with zero attached hydrogens (tertiary/aromatic N) is 2. The van der Waals surface area contributed by atoms with Crippen LogP contribution in [0.15, 0.2) is 42.5 Å². The second-order valence-electron chi connectivity index (χ2n) is 4.81. The molecule has 0 fully saturated rings. The molecule has 0 aliphatic carbocycles. The van der Waals surface area contributed by atoms with E-state index >= 15 is 0 Å². The Morgan fingerprint density at radius 2 is 1.90 bits per heavy atom. The van der Waals surface area contributed by atoms with Crippen molar-refractivity contribution in [1.82, 2.24) is 9.55 Å². The van der Waals surface area contributed by atoms with E-state index in [9.17, 15) is 0 Å². The van der Waals surface area contributed by atoms with Gasteiger partial charge < -0.3 is 10.3 Å². The van der Waals surface area contributed by atoms with Gasteiger partial charge in [0.1, 0.15) is 0 Å². The summed E-state index contributed by atoms with van der Waals surface area (Å²) in [6, 6.07) is 14.0. The van der Waals surface area contributed by atoms with Gasteiger partial charge in [0.25, 0.3) is 0 Å². The molecule has 0 spiro atoms. The Hall–Kier alpha value is -2.00. The first kappa shape index (κ1) is 13.0. The quantitative estimate of drug-likeness (QED) is 0.793. The zero-order valence-electron chi connectivity index (χ0n) is 11.3. The van der Waals surface area contributed by atoms with Crippen LogP contribution in [-0.2, 0) is 13.0 Å². The van der Waals surface area contributed by atoms with E-state index in [4.69, 9.17) is 17.3 Å². The lowest BCUT2D eigenvalue weighted by Gasteiger charge is -2.10. The van der Waals surface area contributed by atoms with Crippen molar-refractivity contribution >= 4 is 28.6 Å². The maximum absolute atomic E-state index is 6.08. The first-order valence-electron chi connectivity index (χ1n) is 6.67. The molecule has 1 heterocycles. The van der Waals surface area contributed by atoms with Gasteiger partial charge in [-0.1, -0.05) is 42.8 Å². The number of nitrogen functional groups attached to an aromatic ring is 1. The molecule has 20 heavy (non-hydrogen) atoms. The molecule has 0 aliphatic rings. The topological polar surface area (TPSA) is 43.8 Å². The van der Waals surface area contributed by atoms with Crippen LogP contribution in [0.1, 0.15) is 18.1 Å². The number of aryl methyl sites for hydroxylation is 1. The summed E-state index contributed by atoms with van der Waals surface area (Å²) in [5.41, 5.74) is 10.5. The number of hydrogen-bond acceptors (Lipinski definition) is 2. The first-order valence-corrected chi connectivity index (χ1v) is 7.05. The highest BCUT2D eigenvalue weighted by Gasteiger charge is 2.10. The molecule has 0 saturated heterocycles. The van der Waals surface area contributed by atoms with Gasteiger partial charge in [-0.3, -0.25) is 0 Å². The van der Waals surface area contributed by atoms with Crippen molar-refractivity contribution in [1.29, 1.82) is 0 Å². The molecule has 0 aliphatic heterocycles. The first-order chi connectivity index (χ1) is 9.69. The number of anilines is 1. The summed E-state index contributed by atoms with van der Waals surface area (Å²) < 4.78 is 2.01. The Morgan fingerprint density at radius 1 is 1.15 bits per heavy atom. The molecule has 3 nitrogen and oxygen atoms in total. The smallest absolute Gasteiger partial charge is 0.201 e. The third kappa shape index (κ3) is 2.25. The zero-order chi connectivity index (χ0) is 14.1. The number of halogens is 1. The Bertz CT molecular complexity index is 762. The van der Waals surface area contributed by atoms with Crippen molar-refractivity contribution < 1.29 is 0 Å². The van der Waals surface area contributed by atoms with Gasteiger partial charge >= 0.3 is 0 Å². The van der Waals surface area contributed by atoms with Crippen LogP contribution < -0.4 is 5.73 Å².